The van der Waals surface area contributed by atoms with Crippen LogP contribution in [0.5, 0.6) is 0 Å². The van der Waals surface area contributed by atoms with Crippen LogP contribution in [-0.2, 0) is 16.6 Å². The molecule has 1 rings (SSSR count). The van der Waals surface area contributed by atoms with Gasteiger partial charge in [-0.25, -0.2) is 8.42 Å². The van der Waals surface area contributed by atoms with Crippen LogP contribution in [0.25, 0.3) is 0 Å². The van der Waals surface area contributed by atoms with Gasteiger partial charge in [-0.1, -0.05) is 13.8 Å². The quantitative estimate of drug-likeness (QED) is 0.845. The van der Waals surface area contributed by atoms with Crippen LogP contribution in [0.4, 0.5) is 0 Å². The van der Waals surface area contributed by atoms with Gasteiger partial charge in [0.1, 0.15) is 0 Å². The smallest absolute Gasteiger partial charge is 0.244 e. The van der Waals surface area contributed by atoms with Crippen LogP contribution >= 0.6 is 11.3 Å². The Labute approximate surface area is 101 Å². The van der Waals surface area contributed by atoms with Crippen molar-refractivity contribution in [2.45, 2.75) is 25.3 Å². The second kappa shape index (κ2) is 5.77. The van der Waals surface area contributed by atoms with Gasteiger partial charge in [0.2, 0.25) is 10.0 Å². The third-order valence-corrected chi connectivity index (χ3v) is 5.55. The fraction of sp³-hybridized carbons (Fsp3) is 0.600. The highest BCUT2D eigenvalue weighted by Gasteiger charge is 2.24. The Morgan fingerprint density at radius 2 is 2.00 bits per heavy atom. The summed E-state index contributed by atoms with van der Waals surface area (Å²) in [4.78, 5) is 1.31. The first-order valence-electron chi connectivity index (χ1n) is 5.29. The molecule has 0 spiro atoms. The molecule has 0 aromatic carbocycles. The molecule has 0 saturated carbocycles. The van der Waals surface area contributed by atoms with E-state index >= 15 is 0 Å². The van der Waals surface area contributed by atoms with Gasteiger partial charge in [-0.2, -0.15) is 4.31 Å². The Hall–Kier alpha value is -0.430. The highest BCUT2D eigenvalue weighted by atomic mass is 32.2. The Bertz CT molecular complexity index is 422. The lowest BCUT2D eigenvalue weighted by atomic mass is 10.5. The highest BCUT2D eigenvalue weighted by Crippen LogP contribution is 2.24. The minimum atomic E-state index is -3.31. The molecule has 0 fully saturated rings. The molecular weight excluding hydrogens is 244 g/mol. The molecule has 0 aliphatic rings. The van der Waals surface area contributed by atoms with Gasteiger partial charge in [-0.15, -0.1) is 11.3 Å². The van der Waals surface area contributed by atoms with Crippen molar-refractivity contribution in [1.29, 1.82) is 0 Å². The minimum Gasteiger partial charge on any atom is -0.315 e. The van der Waals surface area contributed by atoms with Crippen LogP contribution in [0.1, 0.15) is 18.7 Å². The van der Waals surface area contributed by atoms with Crippen molar-refractivity contribution in [2.75, 3.05) is 20.1 Å². The summed E-state index contributed by atoms with van der Waals surface area (Å²) in [6, 6.07) is 1.69. The number of rotatable bonds is 6. The fourth-order valence-corrected chi connectivity index (χ4v) is 4.44. The van der Waals surface area contributed by atoms with Gasteiger partial charge in [0.15, 0.2) is 0 Å². The summed E-state index contributed by atoms with van der Waals surface area (Å²) in [5, 5.41) is 4.81. The average molecular weight is 262 g/mol. The average Bonchev–Trinajstić information content (AvgIpc) is 2.68. The topological polar surface area (TPSA) is 49.4 Å². The van der Waals surface area contributed by atoms with Crippen LogP contribution < -0.4 is 5.32 Å². The molecule has 0 amide bonds. The number of hydrogen-bond acceptors (Lipinski definition) is 4. The first-order valence-corrected chi connectivity index (χ1v) is 7.61. The van der Waals surface area contributed by atoms with Gasteiger partial charge in [-0.05, 0) is 18.5 Å². The number of sulfonamides is 1. The molecule has 0 aliphatic carbocycles. The molecule has 4 nitrogen and oxygen atoms in total. The van der Waals surface area contributed by atoms with E-state index in [4.69, 9.17) is 0 Å². The molecule has 0 radical (unpaired) electrons. The molecule has 0 aliphatic heterocycles. The van der Waals surface area contributed by atoms with E-state index in [1.54, 1.807) is 6.07 Å². The van der Waals surface area contributed by atoms with Gasteiger partial charge >= 0.3 is 0 Å². The molecule has 6 heteroatoms. The summed E-state index contributed by atoms with van der Waals surface area (Å²) in [6.45, 7) is 5.31. The van der Waals surface area contributed by atoms with E-state index < -0.39 is 10.0 Å². The molecule has 16 heavy (non-hydrogen) atoms. The van der Waals surface area contributed by atoms with Crippen molar-refractivity contribution in [3.63, 3.8) is 0 Å². The van der Waals surface area contributed by atoms with Crippen molar-refractivity contribution < 1.29 is 8.42 Å². The number of hydrogen-bond donors (Lipinski definition) is 1. The van der Waals surface area contributed by atoms with E-state index in [2.05, 4.69) is 5.32 Å². The maximum Gasteiger partial charge on any atom is 0.244 e. The largest absolute Gasteiger partial charge is 0.315 e. The van der Waals surface area contributed by atoms with Crippen LogP contribution in [0.3, 0.4) is 0 Å². The van der Waals surface area contributed by atoms with Crippen LogP contribution in [-0.4, -0.2) is 32.9 Å². The fourth-order valence-electron chi connectivity index (χ4n) is 1.55. The summed E-state index contributed by atoms with van der Waals surface area (Å²) in [5.41, 5.74) is 0. The van der Waals surface area contributed by atoms with Crippen molar-refractivity contribution >= 4 is 21.4 Å². The van der Waals surface area contributed by atoms with Crippen molar-refractivity contribution in [3.8, 4) is 0 Å². The second-order valence-electron chi connectivity index (χ2n) is 3.33. The van der Waals surface area contributed by atoms with Crippen molar-refractivity contribution in [1.82, 2.24) is 9.62 Å². The van der Waals surface area contributed by atoms with Crippen LogP contribution in [0.15, 0.2) is 16.3 Å². The first-order chi connectivity index (χ1) is 7.57. The highest BCUT2D eigenvalue weighted by molar-refractivity contribution is 7.89. The van der Waals surface area contributed by atoms with Crippen LogP contribution in [0, 0.1) is 0 Å². The maximum atomic E-state index is 12.3. The van der Waals surface area contributed by atoms with Crippen LogP contribution in [0.2, 0.25) is 0 Å². The predicted octanol–water partition coefficient (Wildman–Crippen LogP) is 1.50. The normalized spacial score (nSPS) is 12.2. The molecule has 0 saturated heterocycles. The Morgan fingerprint density at radius 1 is 1.38 bits per heavy atom. The zero-order valence-electron chi connectivity index (χ0n) is 9.86. The summed E-state index contributed by atoms with van der Waals surface area (Å²) in [7, 11) is -1.49. The molecule has 0 bridgehead atoms. The van der Waals surface area contributed by atoms with E-state index in [1.165, 1.54) is 15.6 Å². The zero-order valence-corrected chi connectivity index (χ0v) is 11.5. The van der Waals surface area contributed by atoms with E-state index in [0.29, 0.717) is 24.5 Å². The Morgan fingerprint density at radius 3 is 2.50 bits per heavy atom. The van der Waals surface area contributed by atoms with E-state index in [1.807, 2.05) is 26.3 Å². The van der Waals surface area contributed by atoms with Gasteiger partial charge in [0, 0.05) is 24.5 Å². The van der Waals surface area contributed by atoms with Gasteiger partial charge < -0.3 is 5.32 Å². The molecule has 92 valence electrons. The number of nitrogens with one attached hydrogen (secondary N) is 1. The minimum absolute atomic E-state index is 0.440. The number of nitrogens with zero attached hydrogens (tertiary/aromatic N) is 1. The molecule has 0 atom stereocenters. The van der Waals surface area contributed by atoms with Crippen molar-refractivity contribution in [2.24, 2.45) is 0 Å². The van der Waals surface area contributed by atoms with Gasteiger partial charge in [-0.3, -0.25) is 0 Å². The summed E-state index contributed by atoms with van der Waals surface area (Å²) < 4.78 is 26.0. The lowest BCUT2D eigenvalue weighted by Crippen LogP contribution is -2.31. The van der Waals surface area contributed by atoms with Crippen molar-refractivity contribution in [3.05, 3.63) is 16.3 Å². The SMILES string of the molecule is CCN(CC)S(=O)(=O)c1ccsc1CNC. The number of thiophene rings is 1. The standard InChI is InChI=1S/C10H18N2O2S2/c1-4-12(5-2)16(13,14)10-6-7-15-9(10)8-11-3/h6-7,11H,4-5,8H2,1-3H3. The molecule has 1 N–H and O–H groups in total. The summed E-state index contributed by atoms with van der Waals surface area (Å²) in [6.07, 6.45) is 0. The zero-order chi connectivity index (χ0) is 12.2. The molecule has 1 aromatic rings. The second-order valence-corrected chi connectivity index (χ2v) is 6.23. The molecule has 1 heterocycles. The summed E-state index contributed by atoms with van der Waals surface area (Å²) >= 11 is 1.47. The van der Waals surface area contributed by atoms with Gasteiger partial charge in [0.25, 0.3) is 0 Å². The monoisotopic (exact) mass is 262 g/mol. The molecule has 1 aromatic heterocycles. The summed E-state index contributed by atoms with van der Waals surface area (Å²) in [5.74, 6) is 0. The first kappa shape index (κ1) is 13.6. The third kappa shape index (κ3) is 2.63. The Kier molecular flexibility index (Phi) is 4.91. The molecular formula is C10H18N2O2S2. The lowest BCUT2D eigenvalue weighted by Gasteiger charge is -2.18. The van der Waals surface area contributed by atoms with Gasteiger partial charge in [0.05, 0.1) is 4.90 Å². The third-order valence-electron chi connectivity index (χ3n) is 2.37. The predicted molar refractivity (Wildman–Crippen MR) is 67.2 cm³/mol. The maximum absolute atomic E-state index is 12.3. The van der Waals surface area contributed by atoms with E-state index in [-0.39, 0.29) is 0 Å². The Balaban J connectivity index is 3.11. The van der Waals surface area contributed by atoms with E-state index in [9.17, 15) is 8.42 Å². The van der Waals surface area contributed by atoms with E-state index in [0.717, 1.165) is 4.88 Å². The lowest BCUT2D eigenvalue weighted by molar-refractivity contribution is 0.444. The molecule has 0 unspecified atom stereocenters.